The van der Waals surface area contributed by atoms with Gasteiger partial charge in [0.1, 0.15) is 12.4 Å². The van der Waals surface area contributed by atoms with Crippen LogP contribution in [0.4, 0.5) is 4.39 Å². The van der Waals surface area contributed by atoms with E-state index in [-0.39, 0.29) is 6.54 Å². The second-order valence-corrected chi connectivity index (χ2v) is 5.43. The average Bonchev–Trinajstić information content (AvgIpc) is 2.77. The summed E-state index contributed by atoms with van der Waals surface area (Å²) in [5.41, 5.74) is 2.22. The molecule has 0 saturated carbocycles. The van der Waals surface area contributed by atoms with E-state index in [2.05, 4.69) is 10.4 Å². The number of aromatic nitrogens is 2. The van der Waals surface area contributed by atoms with Gasteiger partial charge in [0.05, 0.1) is 5.69 Å². The van der Waals surface area contributed by atoms with Crippen LogP contribution in [-0.4, -0.2) is 26.8 Å². The Morgan fingerprint density at radius 3 is 2.52 bits per heavy atom. The van der Waals surface area contributed by atoms with E-state index in [0.717, 1.165) is 11.4 Å². The van der Waals surface area contributed by atoms with Crippen molar-refractivity contribution < 1.29 is 19.1 Å². The van der Waals surface area contributed by atoms with Gasteiger partial charge >= 0.3 is 5.97 Å². The first-order valence-corrected chi connectivity index (χ1v) is 7.07. The van der Waals surface area contributed by atoms with Gasteiger partial charge in [0.15, 0.2) is 6.04 Å². The third-order valence-corrected chi connectivity index (χ3v) is 3.46. The molecule has 0 aliphatic heterocycles. The van der Waals surface area contributed by atoms with Gasteiger partial charge in [-0.15, -0.1) is 0 Å². The first-order chi connectivity index (χ1) is 10.8. The highest BCUT2D eigenvalue weighted by molar-refractivity contribution is 5.84. The van der Waals surface area contributed by atoms with Gasteiger partial charge in [0.2, 0.25) is 5.91 Å². The van der Waals surface area contributed by atoms with Crippen LogP contribution in [0.25, 0.3) is 0 Å². The van der Waals surface area contributed by atoms with E-state index >= 15 is 0 Å². The van der Waals surface area contributed by atoms with Gasteiger partial charge in [-0.1, -0.05) is 12.1 Å². The molecule has 6 nitrogen and oxygen atoms in total. The fraction of sp³-hybridized carbons (Fsp3) is 0.312. The molecule has 2 aromatic rings. The van der Waals surface area contributed by atoms with Crippen molar-refractivity contribution >= 4 is 11.9 Å². The largest absolute Gasteiger partial charge is 0.479 e. The molecule has 1 heterocycles. The molecule has 0 radical (unpaired) electrons. The summed E-state index contributed by atoms with van der Waals surface area (Å²) in [6.45, 7) is 5.08. The van der Waals surface area contributed by atoms with Gasteiger partial charge in [0, 0.05) is 5.69 Å². The maximum Gasteiger partial charge on any atom is 0.330 e. The maximum absolute atomic E-state index is 13.3. The molecule has 0 aliphatic rings. The van der Waals surface area contributed by atoms with Crippen LogP contribution in [0.3, 0.4) is 0 Å². The Labute approximate surface area is 132 Å². The summed E-state index contributed by atoms with van der Waals surface area (Å²) in [5, 5.41) is 15.9. The van der Waals surface area contributed by atoms with Crippen LogP contribution in [0.15, 0.2) is 24.3 Å². The number of benzene rings is 1. The Bertz CT molecular complexity index is 755. The first kappa shape index (κ1) is 16.7. The number of carbonyl (C=O) groups excluding carboxylic acids is 1. The number of rotatable bonds is 5. The number of hydrogen-bond donors (Lipinski definition) is 2. The molecule has 0 aliphatic carbocycles. The topological polar surface area (TPSA) is 84.2 Å². The van der Waals surface area contributed by atoms with Crippen LogP contribution < -0.4 is 5.32 Å². The van der Waals surface area contributed by atoms with E-state index < -0.39 is 23.7 Å². The Hall–Kier alpha value is -2.70. The molecule has 23 heavy (non-hydrogen) atoms. The zero-order valence-corrected chi connectivity index (χ0v) is 13.1. The zero-order chi connectivity index (χ0) is 17.1. The molecule has 0 fully saturated rings. The molecule has 0 bridgehead atoms. The highest BCUT2D eigenvalue weighted by Gasteiger charge is 2.23. The number of carboxylic acid groups (broad SMARTS) is 1. The minimum absolute atomic E-state index is 0.0797. The van der Waals surface area contributed by atoms with Crippen molar-refractivity contribution in [1.82, 2.24) is 15.1 Å². The van der Waals surface area contributed by atoms with Crippen LogP contribution in [0, 0.1) is 26.6 Å². The summed E-state index contributed by atoms with van der Waals surface area (Å²) >= 11 is 0. The standard InChI is InChI=1S/C16H18FN3O3/c1-9-6-12(4-5-13(9)17)15(16(22)23)18-14(21)8-20-11(3)7-10(2)19-20/h4-7,15H,8H2,1-3H3,(H,18,21)(H,22,23). The van der Waals surface area contributed by atoms with Gasteiger partial charge in [0.25, 0.3) is 0 Å². The highest BCUT2D eigenvalue weighted by Crippen LogP contribution is 2.17. The molecule has 122 valence electrons. The van der Waals surface area contributed by atoms with Gasteiger partial charge in [-0.25, -0.2) is 9.18 Å². The molecular weight excluding hydrogens is 301 g/mol. The lowest BCUT2D eigenvalue weighted by molar-refractivity contribution is -0.142. The normalized spacial score (nSPS) is 12.0. The second-order valence-electron chi connectivity index (χ2n) is 5.43. The molecule has 0 saturated heterocycles. The summed E-state index contributed by atoms with van der Waals surface area (Å²) in [7, 11) is 0. The van der Waals surface area contributed by atoms with E-state index in [9.17, 15) is 19.1 Å². The number of nitrogens with one attached hydrogen (secondary N) is 1. The first-order valence-electron chi connectivity index (χ1n) is 7.07. The number of carboxylic acids is 1. The van der Waals surface area contributed by atoms with Crippen molar-refractivity contribution in [3.8, 4) is 0 Å². The molecule has 7 heteroatoms. The Morgan fingerprint density at radius 1 is 1.30 bits per heavy atom. The highest BCUT2D eigenvalue weighted by atomic mass is 19.1. The van der Waals surface area contributed by atoms with Crippen LogP contribution in [0.1, 0.15) is 28.6 Å². The number of aliphatic carboxylic acids is 1. The lowest BCUT2D eigenvalue weighted by Gasteiger charge is -2.16. The number of halogens is 1. The van der Waals surface area contributed by atoms with Crippen molar-refractivity contribution in [3.63, 3.8) is 0 Å². The minimum Gasteiger partial charge on any atom is -0.479 e. The average molecular weight is 319 g/mol. The second kappa shape index (κ2) is 6.60. The van der Waals surface area contributed by atoms with E-state index in [0.29, 0.717) is 11.1 Å². The van der Waals surface area contributed by atoms with Crippen molar-refractivity contribution in [2.75, 3.05) is 0 Å². The van der Waals surface area contributed by atoms with Crippen LogP contribution in [0.2, 0.25) is 0 Å². The van der Waals surface area contributed by atoms with E-state index in [1.54, 1.807) is 0 Å². The van der Waals surface area contributed by atoms with E-state index in [1.165, 1.54) is 29.8 Å². The van der Waals surface area contributed by atoms with Crippen molar-refractivity contribution in [3.05, 3.63) is 52.6 Å². The SMILES string of the molecule is Cc1cc(C)n(CC(=O)NC(C(=O)O)c2ccc(F)c(C)c2)n1. The van der Waals surface area contributed by atoms with Gasteiger partial charge in [-0.2, -0.15) is 5.10 Å². The summed E-state index contributed by atoms with van der Waals surface area (Å²) in [4.78, 5) is 23.5. The van der Waals surface area contributed by atoms with Gasteiger partial charge < -0.3 is 10.4 Å². The number of nitrogens with zero attached hydrogens (tertiary/aromatic N) is 2. The van der Waals surface area contributed by atoms with Crippen LogP contribution >= 0.6 is 0 Å². The molecule has 1 unspecified atom stereocenters. The molecule has 1 aromatic heterocycles. The van der Waals surface area contributed by atoms with Crippen molar-refractivity contribution in [2.24, 2.45) is 0 Å². The van der Waals surface area contributed by atoms with Crippen molar-refractivity contribution in [2.45, 2.75) is 33.4 Å². The van der Waals surface area contributed by atoms with Gasteiger partial charge in [-0.05, 0) is 44.0 Å². The zero-order valence-electron chi connectivity index (χ0n) is 13.1. The number of hydrogen-bond acceptors (Lipinski definition) is 3. The molecule has 1 amide bonds. The Morgan fingerprint density at radius 2 is 2.00 bits per heavy atom. The van der Waals surface area contributed by atoms with Crippen molar-refractivity contribution in [1.29, 1.82) is 0 Å². The van der Waals surface area contributed by atoms with E-state index in [4.69, 9.17) is 0 Å². The third kappa shape index (κ3) is 3.94. The predicted molar refractivity (Wildman–Crippen MR) is 81.4 cm³/mol. The fourth-order valence-corrected chi connectivity index (χ4v) is 2.31. The predicted octanol–water partition coefficient (Wildman–Crippen LogP) is 1.89. The van der Waals surface area contributed by atoms with E-state index in [1.807, 2.05) is 19.9 Å². The van der Waals surface area contributed by atoms with Crippen LogP contribution in [-0.2, 0) is 16.1 Å². The Balaban J connectivity index is 2.16. The molecule has 2 N–H and O–H groups in total. The summed E-state index contributed by atoms with van der Waals surface area (Å²) in [5.74, 6) is -2.12. The number of amides is 1. The third-order valence-electron chi connectivity index (χ3n) is 3.46. The monoisotopic (exact) mass is 319 g/mol. The lowest BCUT2D eigenvalue weighted by Crippen LogP contribution is -2.36. The molecular formula is C16H18FN3O3. The number of aryl methyl sites for hydroxylation is 3. The molecule has 0 spiro atoms. The Kier molecular flexibility index (Phi) is 4.78. The lowest BCUT2D eigenvalue weighted by atomic mass is 10.0. The summed E-state index contributed by atoms with van der Waals surface area (Å²) in [6.07, 6.45) is 0. The molecule has 1 aromatic carbocycles. The molecule has 1 atom stereocenters. The summed E-state index contributed by atoms with van der Waals surface area (Å²) in [6, 6.07) is 4.54. The summed E-state index contributed by atoms with van der Waals surface area (Å²) < 4.78 is 14.8. The quantitative estimate of drug-likeness (QED) is 0.881. The smallest absolute Gasteiger partial charge is 0.330 e. The van der Waals surface area contributed by atoms with Gasteiger partial charge in [-0.3, -0.25) is 9.48 Å². The maximum atomic E-state index is 13.3. The fourth-order valence-electron chi connectivity index (χ4n) is 2.31. The minimum atomic E-state index is -1.24. The number of carbonyl (C=O) groups is 2. The molecule has 2 rings (SSSR count). The van der Waals surface area contributed by atoms with Crippen LogP contribution in [0.5, 0.6) is 0 Å².